The van der Waals surface area contributed by atoms with Gasteiger partial charge in [0.05, 0.1) is 23.9 Å². The van der Waals surface area contributed by atoms with Crippen molar-refractivity contribution in [3.8, 4) is 22.9 Å². The van der Waals surface area contributed by atoms with Crippen molar-refractivity contribution in [2.24, 2.45) is 0 Å². The van der Waals surface area contributed by atoms with Crippen molar-refractivity contribution in [2.45, 2.75) is 45.9 Å². The summed E-state index contributed by atoms with van der Waals surface area (Å²) in [6, 6.07) is 22.2. The molecule has 1 N–H and O–H groups in total. The zero-order valence-corrected chi connectivity index (χ0v) is 22.7. The van der Waals surface area contributed by atoms with Gasteiger partial charge in [0.25, 0.3) is 0 Å². The zero-order chi connectivity index (χ0) is 26.4. The van der Waals surface area contributed by atoms with E-state index in [1.54, 1.807) is 0 Å². The van der Waals surface area contributed by atoms with Crippen LogP contribution >= 0.6 is 12.2 Å². The Balaban J connectivity index is 1.45. The van der Waals surface area contributed by atoms with Gasteiger partial charge in [-0.05, 0) is 100 Å². The minimum atomic E-state index is -0.124. The first-order valence-corrected chi connectivity index (χ1v) is 13.2. The molecule has 7 nitrogen and oxygen atoms in total. The van der Waals surface area contributed by atoms with Gasteiger partial charge in [0.1, 0.15) is 5.75 Å². The van der Waals surface area contributed by atoms with Crippen LogP contribution in [0.3, 0.4) is 0 Å². The van der Waals surface area contributed by atoms with E-state index in [1.807, 2.05) is 62.5 Å². The number of fused-ring (bicyclic) bond motifs is 1. The molecule has 0 bridgehead atoms. The molecule has 0 aliphatic carbocycles. The first-order chi connectivity index (χ1) is 18.4. The second-order valence-electron chi connectivity index (χ2n) is 9.86. The average Bonchev–Trinajstić information content (AvgIpc) is 3.59. The van der Waals surface area contributed by atoms with E-state index in [9.17, 15) is 0 Å². The van der Waals surface area contributed by atoms with E-state index < -0.39 is 0 Å². The van der Waals surface area contributed by atoms with E-state index in [0.29, 0.717) is 5.11 Å². The lowest BCUT2D eigenvalue weighted by molar-refractivity contribution is 0.174. The summed E-state index contributed by atoms with van der Waals surface area (Å²) < 4.78 is 19.3. The van der Waals surface area contributed by atoms with Crippen LogP contribution < -0.4 is 24.4 Å². The Kier molecular flexibility index (Phi) is 6.19. The number of hydrogen-bond acceptors (Lipinski definition) is 5. The van der Waals surface area contributed by atoms with Crippen molar-refractivity contribution in [1.29, 1.82) is 0 Å². The quantitative estimate of drug-likeness (QED) is 0.301. The van der Waals surface area contributed by atoms with E-state index >= 15 is 0 Å². The molecule has 1 saturated heterocycles. The maximum absolute atomic E-state index is 5.93. The van der Waals surface area contributed by atoms with Crippen molar-refractivity contribution in [3.05, 3.63) is 95.6 Å². The third kappa shape index (κ3) is 4.24. The minimum Gasteiger partial charge on any atom is -0.491 e. The van der Waals surface area contributed by atoms with Crippen molar-refractivity contribution >= 4 is 23.0 Å². The van der Waals surface area contributed by atoms with Crippen molar-refractivity contribution in [2.75, 3.05) is 11.7 Å². The number of aromatic nitrogens is 2. The summed E-state index contributed by atoms with van der Waals surface area (Å²) in [7, 11) is 0. The Morgan fingerprint density at radius 2 is 1.74 bits per heavy atom. The molecule has 0 radical (unpaired) electrons. The number of ether oxygens (including phenoxy) is 3. The number of benzene rings is 2. The van der Waals surface area contributed by atoms with E-state index in [2.05, 4.69) is 52.9 Å². The molecule has 8 heteroatoms. The van der Waals surface area contributed by atoms with Crippen molar-refractivity contribution in [1.82, 2.24) is 14.9 Å². The molecule has 6 rings (SSSR count). The highest BCUT2D eigenvalue weighted by atomic mass is 32.1. The van der Waals surface area contributed by atoms with Crippen molar-refractivity contribution < 1.29 is 14.2 Å². The number of rotatable bonds is 6. The van der Waals surface area contributed by atoms with Crippen LogP contribution in [0.15, 0.2) is 72.9 Å². The fraction of sp³-hybridized carbons (Fsp3) is 0.267. The largest absolute Gasteiger partial charge is 0.491 e. The molecule has 0 amide bonds. The number of pyridine rings is 1. The molecule has 4 heterocycles. The van der Waals surface area contributed by atoms with Crippen LogP contribution in [-0.2, 0) is 0 Å². The van der Waals surface area contributed by atoms with Crippen LogP contribution in [0.25, 0.3) is 5.69 Å². The predicted octanol–water partition coefficient (Wildman–Crippen LogP) is 6.18. The number of anilines is 1. The maximum Gasteiger partial charge on any atom is 0.231 e. The lowest BCUT2D eigenvalue weighted by Crippen LogP contribution is -2.29. The highest BCUT2D eigenvalue weighted by Crippen LogP contribution is 2.44. The number of aryl methyl sites for hydroxylation is 1. The third-order valence-corrected chi connectivity index (χ3v) is 7.30. The van der Waals surface area contributed by atoms with Crippen LogP contribution in [0, 0.1) is 13.8 Å². The summed E-state index contributed by atoms with van der Waals surface area (Å²) in [6.07, 6.45) is 1.94. The molecule has 2 aliphatic heterocycles. The molecule has 194 valence electrons. The second kappa shape index (κ2) is 9.68. The summed E-state index contributed by atoms with van der Waals surface area (Å²) in [6.45, 7) is 8.58. The Morgan fingerprint density at radius 1 is 0.974 bits per heavy atom. The topological polar surface area (TPSA) is 60.8 Å². The summed E-state index contributed by atoms with van der Waals surface area (Å²) in [4.78, 5) is 6.89. The van der Waals surface area contributed by atoms with Gasteiger partial charge in [-0.1, -0.05) is 6.07 Å². The van der Waals surface area contributed by atoms with E-state index in [4.69, 9.17) is 31.4 Å². The van der Waals surface area contributed by atoms with E-state index in [0.717, 1.165) is 45.7 Å². The zero-order valence-electron chi connectivity index (χ0n) is 21.8. The lowest BCUT2D eigenvalue weighted by Gasteiger charge is -2.28. The average molecular weight is 527 g/mol. The van der Waals surface area contributed by atoms with Crippen LogP contribution in [0.2, 0.25) is 0 Å². The van der Waals surface area contributed by atoms with E-state index in [1.165, 1.54) is 5.56 Å². The normalized spacial score (nSPS) is 18.2. The van der Waals surface area contributed by atoms with Gasteiger partial charge in [-0.2, -0.15) is 0 Å². The fourth-order valence-corrected chi connectivity index (χ4v) is 5.76. The SMILES string of the molecule is Cc1cc([C@@H]2[C@H](c3ccccn3)NC(=S)N2c2ccc(OC(C)C)cc2)c(C)n1-c1ccc2c(c1)OCO2. The molecule has 4 aromatic rings. The third-order valence-electron chi connectivity index (χ3n) is 6.99. The molecule has 0 spiro atoms. The molecule has 2 aromatic carbocycles. The van der Waals surface area contributed by atoms with Gasteiger partial charge in [0.15, 0.2) is 16.6 Å². The van der Waals surface area contributed by atoms with Gasteiger partial charge in [-0.15, -0.1) is 0 Å². The summed E-state index contributed by atoms with van der Waals surface area (Å²) >= 11 is 5.93. The Labute approximate surface area is 228 Å². The first-order valence-electron chi connectivity index (χ1n) is 12.8. The minimum absolute atomic E-state index is 0.108. The van der Waals surface area contributed by atoms with E-state index in [-0.39, 0.29) is 25.0 Å². The Hall–Kier alpha value is -4.04. The van der Waals surface area contributed by atoms with Gasteiger partial charge < -0.3 is 29.0 Å². The molecule has 1 fully saturated rings. The molecule has 0 unspecified atom stereocenters. The fourth-order valence-electron chi connectivity index (χ4n) is 5.42. The van der Waals surface area contributed by atoms with Crippen molar-refractivity contribution in [3.63, 3.8) is 0 Å². The molecular weight excluding hydrogens is 496 g/mol. The number of nitrogens with zero attached hydrogens (tertiary/aromatic N) is 3. The molecule has 2 aliphatic rings. The first kappa shape index (κ1) is 24.3. The lowest BCUT2D eigenvalue weighted by atomic mass is 9.96. The summed E-state index contributed by atoms with van der Waals surface area (Å²) in [5.41, 5.74) is 6.38. The monoisotopic (exact) mass is 526 g/mol. The Morgan fingerprint density at radius 3 is 2.47 bits per heavy atom. The summed E-state index contributed by atoms with van der Waals surface area (Å²) in [5, 5.41) is 4.22. The molecule has 0 saturated carbocycles. The smallest absolute Gasteiger partial charge is 0.231 e. The highest BCUT2D eigenvalue weighted by Gasteiger charge is 2.42. The second-order valence-corrected chi connectivity index (χ2v) is 10.2. The van der Waals surface area contributed by atoms with Gasteiger partial charge >= 0.3 is 0 Å². The standard InChI is InChI=1S/C30H30N4O3S/c1-18(2)37-23-11-8-21(9-12-23)34-29(28(32-30(34)38)25-7-5-6-14-31-25)24-15-19(3)33(20(24)4)22-10-13-26-27(16-22)36-17-35-26/h5-16,18,28-29H,17H2,1-4H3,(H,32,38)/t28-,29+/m0/s1. The maximum atomic E-state index is 5.93. The number of hydrogen-bond donors (Lipinski definition) is 1. The van der Waals surface area contributed by atoms with Crippen LogP contribution in [0.1, 0.15) is 48.6 Å². The van der Waals surface area contributed by atoms with Gasteiger partial charge in [-0.25, -0.2) is 0 Å². The summed E-state index contributed by atoms with van der Waals surface area (Å²) in [5.74, 6) is 2.37. The van der Waals surface area contributed by atoms with Gasteiger partial charge in [0.2, 0.25) is 6.79 Å². The van der Waals surface area contributed by atoms with Gasteiger partial charge in [-0.3, -0.25) is 4.98 Å². The van der Waals surface area contributed by atoms with Crippen LogP contribution in [-0.4, -0.2) is 27.6 Å². The molecule has 2 aromatic heterocycles. The highest BCUT2D eigenvalue weighted by molar-refractivity contribution is 7.80. The van der Waals surface area contributed by atoms with Gasteiger partial charge in [0, 0.05) is 35.0 Å². The molecular formula is C30H30N4O3S. The molecule has 2 atom stereocenters. The van der Waals surface area contributed by atoms with Crippen LogP contribution in [0.4, 0.5) is 5.69 Å². The predicted molar refractivity (Wildman–Crippen MR) is 152 cm³/mol. The molecule has 38 heavy (non-hydrogen) atoms. The van der Waals surface area contributed by atoms with Crippen LogP contribution in [0.5, 0.6) is 17.2 Å². The Bertz CT molecular complexity index is 1480. The number of thiocarbonyl (C=S) groups is 1. The number of nitrogens with one attached hydrogen (secondary N) is 1.